The maximum atomic E-state index is 13.6. The highest BCUT2D eigenvalue weighted by Gasteiger charge is 2.48. The summed E-state index contributed by atoms with van der Waals surface area (Å²) in [6, 6.07) is 14.3. The average Bonchev–Trinajstić information content (AvgIpc) is 3.33. The van der Waals surface area contributed by atoms with Gasteiger partial charge in [0.2, 0.25) is 0 Å². The lowest BCUT2D eigenvalue weighted by atomic mass is 9.95. The number of nitrogens with one attached hydrogen (secondary N) is 1. The fraction of sp³-hybridized carbons (Fsp3) is 0.286. The maximum absolute atomic E-state index is 13.6. The molecule has 0 saturated carbocycles. The molecule has 39 heavy (non-hydrogen) atoms. The topological polar surface area (TPSA) is 101 Å². The van der Waals surface area contributed by atoms with E-state index >= 15 is 0 Å². The highest BCUT2D eigenvalue weighted by Crippen LogP contribution is 2.48. The minimum absolute atomic E-state index is 0.0203. The molecule has 206 valence electrons. The Morgan fingerprint density at radius 3 is 2.33 bits per heavy atom. The summed E-state index contributed by atoms with van der Waals surface area (Å²) in [5.41, 5.74) is 1.12. The number of carbonyl (C=O) groups is 1. The molecule has 1 unspecified atom stereocenters. The molecule has 0 radical (unpaired) electrons. The molecule has 0 aliphatic heterocycles. The van der Waals surface area contributed by atoms with E-state index in [1.54, 1.807) is 38.1 Å². The molecule has 2 N–H and O–H groups in total. The van der Waals surface area contributed by atoms with Gasteiger partial charge in [0.05, 0.1) is 33.5 Å². The van der Waals surface area contributed by atoms with Crippen LogP contribution in [0.2, 0.25) is 10.0 Å². The van der Waals surface area contributed by atoms with Crippen LogP contribution in [-0.4, -0.2) is 51.1 Å². The molecule has 1 aliphatic carbocycles. The zero-order chi connectivity index (χ0) is 28.6. The molecule has 0 spiro atoms. The summed E-state index contributed by atoms with van der Waals surface area (Å²) >= 11 is 20.2. The summed E-state index contributed by atoms with van der Waals surface area (Å²) in [6.07, 6.45) is 4.82. The number of hydrogen-bond acceptors (Lipinski definition) is 5. The first-order valence-corrected chi connectivity index (χ1v) is 15.0. The number of benzene rings is 2. The van der Waals surface area contributed by atoms with E-state index in [0.717, 1.165) is 11.1 Å². The molecule has 0 saturated heterocycles. The molecule has 1 aromatic heterocycles. The third kappa shape index (κ3) is 5.67. The van der Waals surface area contributed by atoms with Crippen LogP contribution in [0.5, 0.6) is 0 Å². The Balaban J connectivity index is 1.99. The van der Waals surface area contributed by atoms with Gasteiger partial charge in [0.15, 0.2) is 14.0 Å². The molecule has 1 aliphatic rings. The zero-order valence-electron chi connectivity index (χ0n) is 21.6. The second-order valence-corrected chi connectivity index (χ2v) is 14.0. The molecule has 7 nitrogen and oxygen atoms in total. The van der Waals surface area contributed by atoms with Gasteiger partial charge in [0, 0.05) is 18.4 Å². The number of amides is 1. The van der Waals surface area contributed by atoms with Crippen molar-refractivity contribution in [2.24, 2.45) is 0 Å². The summed E-state index contributed by atoms with van der Waals surface area (Å²) in [5.74, 6) is -0.644. The van der Waals surface area contributed by atoms with Crippen LogP contribution in [0, 0.1) is 0 Å². The number of sulfone groups is 1. The van der Waals surface area contributed by atoms with Gasteiger partial charge in [-0.2, -0.15) is 0 Å². The van der Waals surface area contributed by atoms with Crippen molar-refractivity contribution in [3.05, 3.63) is 88.2 Å². The van der Waals surface area contributed by atoms with E-state index < -0.39 is 25.5 Å². The first-order chi connectivity index (χ1) is 18.3. The lowest BCUT2D eigenvalue weighted by molar-refractivity contribution is 0.0864. The number of aliphatic hydroxyl groups is 1. The van der Waals surface area contributed by atoms with E-state index in [9.17, 15) is 18.3 Å². The van der Waals surface area contributed by atoms with Crippen LogP contribution in [0.4, 0.5) is 0 Å². The van der Waals surface area contributed by atoms with Crippen molar-refractivity contribution in [3.63, 3.8) is 0 Å². The summed E-state index contributed by atoms with van der Waals surface area (Å²) in [7, 11) is -3.91. The number of rotatable bonds is 8. The minimum Gasteiger partial charge on any atom is -0.394 e. The van der Waals surface area contributed by atoms with Crippen LogP contribution in [-0.2, 0) is 9.84 Å². The molecule has 2 aromatic carbocycles. The number of carbonyl (C=O) groups excluding carboxylic acids is 1. The third-order valence-electron chi connectivity index (χ3n) is 6.49. The number of allylic oxidation sites excluding steroid dienone is 3. The number of imidazole rings is 1. The standard InChI is InChI=1S/C28H28Cl3N3O4S/c1-4-39(37,38)28(31)15-19(18-9-6-5-7-10-18)13-14-23(28)34-16-22(26(36)33-27(2,3)17-35)32-25(34)24-20(29)11-8-12-21(24)30/h5-14,16,35H,4,15,17H2,1-3H3,(H,33,36). The van der Waals surface area contributed by atoms with Crippen LogP contribution in [0.3, 0.4) is 0 Å². The van der Waals surface area contributed by atoms with Gasteiger partial charge >= 0.3 is 0 Å². The monoisotopic (exact) mass is 607 g/mol. The molecule has 1 amide bonds. The fourth-order valence-electron chi connectivity index (χ4n) is 4.28. The SMILES string of the molecule is CCS(=O)(=O)C1(Cl)CC(c2ccccc2)=CC=C1n1cc(C(=O)NC(C)(C)CO)nc1-c1c(Cl)cccc1Cl. The molecular weight excluding hydrogens is 581 g/mol. The van der Waals surface area contributed by atoms with Crippen molar-refractivity contribution in [3.8, 4) is 11.4 Å². The van der Waals surface area contributed by atoms with E-state index in [-0.39, 0.29) is 46.0 Å². The highest BCUT2D eigenvalue weighted by molar-refractivity contribution is 7.94. The number of alkyl halides is 1. The van der Waals surface area contributed by atoms with Crippen LogP contribution in [0.25, 0.3) is 22.7 Å². The summed E-state index contributed by atoms with van der Waals surface area (Å²) in [6.45, 7) is 4.55. The van der Waals surface area contributed by atoms with E-state index in [0.29, 0.717) is 5.56 Å². The molecular formula is C28H28Cl3N3O4S. The lowest BCUT2D eigenvalue weighted by Crippen LogP contribution is -2.46. The van der Waals surface area contributed by atoms with Gasteiger partial charge in [-0.15, -0.1) is 0 Å². The van der Waals surface area contributed by atoms with Crippen molar-refractivity contribution < 1.29 is 18.3 Å². The zero-order valence-corrected chi connectivity index (χ0v) is 24.7. The molecule has 1 heterocycles. The minimum atomic E-state index is -3.91. The summed E-state index contributed by atoms with van der Waals surface area (Å²) in [5, 5.41) is 12.9. The first kappa shape index (κ1) is 29.4. The van der Waals surface area contributed by atoms with Crippen LogP contribution < -0.4 is 5.32 Å². The van der Waals surface area contributed by atoms with E-state index in [1.165, 1.54) is 17.7 Å². The number of halogens is 3. The van der Waals surface area contributed by atoms with E-state index in [1.807, 2.05) is 36.4 Å². The van der Waals surface area contributed by atoms with Gasteiger partial charge in [0.25, 0.3) is 5.91 Å². The average molecular weight is 609 g/mol. The van der Waals surface area contributed by atoms with Crippen LogP contribution in [0.1, 0.15) is 43.2 Å². The van der Waals surface area contributed by atoms with Crippen molar-refractivity contribution in [2.75, 3.05) is 12.4 Å². The first-order valence-electron chi connectivity index (χ1n) is 12.2. The van der Waals surface area contributed by atoms with Crippen molar-refractivity contribution in [2.45, 2.75) is 36.9 Å². The highest BCUT2D eigenvalue weighted by atomic mass is 35.5. The maximum Gasteiger partial charge on any atom is 0.271 e. The quantitative estimate of drug-likeness (QED) is 0.303. The third-order valence-corrected chi connectivity index (χ3v) is 10.3. The van der Waals surface area contributed by atoms with Crippen LogP contribution >= 0.6 is 34.8 Å². The molecule has 1 atom stereocenters. The fourth-order valence-corrected chi connectivity index (χ4v) is 6.79. The second kappa shape index (κ2) is 11.1. The number of hydrogen-bond donors (Lipinski definition) is 2. The molecule has 4 rings (SSSR count). The van der Waals surface area contributed by atoms with Crippen molar-refractivity contribution in [1.82, 2.24) is 14.9 Å². The lowest BCUT2D eigenvalue weighted by Gasteiger charge is -2.34. The molecule has 3 aromatic rings. The van der Waals surface area contributed by atoms with Gasteiger partial charge in [-0.05, 0) is 43.2 Å². The van der Waals surface area contributed by atoms with Crippen LogP contribution in [0.15, 0.2) is 66.9 Å². The van der Waals surface area contributed by atoms with E-state index in [4.69, 9.17) is 34.8 Å². The molecule has 0 fully saturated rings. The smallest absolute Gasteiger partial charge is 0.271 e. The van der Waals surface area contributed by atoms with Crippen molar-refractivity contribution >= 4 is 61.8 Å². The predicted molar refractivity (Wildman–Crippen MR) is 158 cm³/mol. The molecule has 11 heteroatoms. The Labute approximate surface area is 243 Å². The Morgan fingerprint density at radius 2 is 1.74 bits per heavy atom. The largest absolute Gasteiger partial charge is 0.394 e. The van der Waals surface area contributed by atoms with Gasteiger partial charge in [0.1, 0.15) is 11.5 Å². The Hall–Kier alpha value is -2.62. The number of nitrogens with zero attached hydrogens (tertiary/aromatic N) is 2. The molecule has 0 bridgehead atoms. The summed E-state index contributed by atoms with van der Waals surface area (Å²) in [4.78, 5) is 17.7. The van der Waals surface area contributed by atoms with Gasteiger partial charge < -0.3 is 10.4 Å². The summed E-state index contributed by atoms with van der Waals surface area (Å²) < 4.78 is 26.8. The predicted octanol–water partition coefficient (Wildman–Crippen LogP) is 6.06. The van der Waals surface area contributed by atoms with Gasteiger partial charge in [-0.25, -0.2) is 13.4 Å². The van der Waals surface area contributed by atoms with Crippen molar-refractivity contribution in [1.29, 1.82) is 0 Å². The Morgan fingerprint density at radius 1 is 1.10 bits per heavy atom. The normalized spacial score (nSPS) is 17.9. The second-order valence-electron chi connectivity index (χ2n) is 9.83. The Kier molecular flexibility index (Phi) is 8.36. The Bertz CT molecular complexity index is 1560. The number of aromatic nitrogens is 2. The van der Waals surface area contributed by atoms with E-state index in [2.05, 4.69) is 10.3 Å². The number of aliphatic hydroxyl groups excluding tert-OH is 1. The van der Waals surface area contributed by atoms with Gasteiger partial charge in [-0.1, -0.05) is 84.2 Å². The van der Waals surface area contributed by atoms with Gasteiger partial charge in [-0.3, -0.25) is 9.36 Å².